The third-order valence-electron chi connectivity index (χ3n) is 3.44. The van der Waals surface area contributed by atoms with Crippen molar-refractivity contribution in [2.24, 2.45) is 0 Å². The lowest BCUT2D eigenvalue weighted by Crippen LogP contribution is -2.11. The van der Waals surface area contributed by atoms with E-state index in [-0.39, 0.29) is 16.0 Å². The van der Waals surface area contributed by atoms with Crippen LogP contribution in [0.3, 0.4) is 0 Å². The Morgan fingerprint density at radius 3 is 3.00 bits per heavy atom. The van der Waals surface area contributed by atoms with Gasteiger partial charge in [-0.1, -0.05) is 18.2 Å². The number of aromatic nitrogens is 2. The van der Waals surface area contributed by atoms with E-state index in [0.29, 0.717) is 12.8 Å². The number of rotatable bonds is 6. The Labute approximate surface area is 135 Å². The lowest BCUT2D eigenvalue weighted by atomic mass is 10.1. The van der Waals surface area contributed by atoms with Crippen molar-refractivity contribution in [2.45, 2.75) is 19.3 Å². The number of amides is 1. The van der Waals surface area contributed by atoms with Gasteiger partial charge in [0.2, 0.25) is 5.91 Å². The minimum absolute atomic E-state index is 0.0842. The maximum absolute atomic E-state index is 11.9. The number of thiazole rings is 1. The third kappa shape index (κ3) is 3.54. The first-order valence-corrected chi connectivity index (χ1v) is 7.90. The molecular formula is C15H14N4O3S. The number of aryl methyl sites for hydroxylation is 1. The number of carbonyl (C=O) groups is 1. The summed E-state index contributed by atoms with van der Waals surface area (Å²) in [6.07, 6.45) is 4.93. The number of nitrogens with zero attached hydrogens (tertiary/aromatic N) is 2. The molecule has 8 heteroatoms. The van der Waals surface area contributed by atoms with Crippen LogP contribution in [0.15, 0.2) is 36.7 Å². The number of carbonyl (C=O) groups excluding carboxylic acids is 1. The molecule has 0 aliphatic heterocycles. The van der Waals surface area contributed by atoms with E-state index in [0.717, 1.165) is 29.5 Å². The standard InChI is InChI=1S/C15H14N4O3S/c20-13(18-15-17-9-14(23-15)19(21)22)7-3-4-10-8-16-12-6-2-1-5-11(10)12/h1-2,5-6,8-9,16H,3-4,7H2,(H,17,18,20). The van der Waals surface area contributed by atoms with E-state index < -0.39 is 4.92 Å². The highest BCUT2D eigenvalue weighted by atomic mass is 32.1. The number of nitro groups is 1. The van der Waals surface area contributed by atoms with Crippen LogP contribution in [0.5, 0.6) is 0 Å². The van der Waals surface area contributed by atoms with Crippen molar-refractivity contribution in [1.29, 1.82) is 0 Å². The van der Waals surface area contributed by atoms with Gasteiger partial charge in [0.25, 0.3) is 0 Å². The smallest absolute Gasteiger partial charge is 0.345 e. The summed E-state index contributed by atoms with van der Waals surface area (Å²) in [5.41, 5.74) is 2.26. The van der Waals surface area contributed by atoms with E-state index in [9.17, 15) is 14.9 Å². The Bertz CT molecular complexity index is 855. The fourth-order valence-corrected chi connectivity index (χ4v) is 3.02. The largest absolute Gasteiger partial charge is 0.361 e. The van der Waals surface area contributed by atoms with Gasteiger partial charge in [0, 0.05) is 23.5 Å². The van der Waals surface area contributed by atoms with Gasteiger partial charge in [-0.05, 0) is 35.8 Å². The van der Waals surface area contributed by atoms with Gasteiger partial charge in [0.05, 0.1) is 4.92 Å². The lowest BCUT2D eigenvalue weighted by Gasteiger charge is -2.01. The van der Waals surface area contributed by atoms with Crippen LogP contribution in [-0.2, 0) is 11.2 Å². The van der Waals surface area contributed by atoms with E-state index in [2.05, 4.69) is 21.4 Å². The average Bonchev–Trinajstić information content (AvgIpc) is 3.15. The monoisotopic (exact) mass is 330 g/mol. The molecule has 0 saturated carbocycles. The van der Waals surface area contributed by atoms with Crippen molar-refractivity contribution in [3.05, 3.63) is 52.3 Å². The first kappa shape index (κ1) is 15.2. The quantitative estimate of drug-likeness (QED) is 0.533. The number of fused-ring (bicyclic) bond motifs is 1. The van der Waals surface area contributed by atoms with Crippen molar-refractivity contribution in [3.63, 3.8) is 0 Å². The molecule has 3 rings (SSSR count). The van der Waals surface area contributed by atoms with Gasteiger partial charge in [-0.15, -0.1) is 0 Å². The van der Waals surface area contributed by atoms with Crippen molar-refractivity contribution in [3.8, 4) is 0 Å². The van der Waals surface area contributed by atoms with Gasteiger partial charge < -0.3 is 10.3 Å². The molecule has 3 aromatic rings. The third-order valence-corrected chi connectivity index (χ3v) is 4.31. The molecule has 23 heavy (non-hydrogen) atoms. The molecule has 0 atom stereocenters. The molecule has 2 heterocycles. The molecule has 118 valence electrons. The van der Waals surface area contributed by atoms with Crippen LogP contribution in [-0.4, -0.2) is 20.8 Å². The number of nitrogens with one attached hydrogen (secondary N) is 2. The van der Waals surface area contributed by atoms with Crippen LogP contribution in [0.4, 0.5) is 10.1 Å². The van der Waals surface area contributed by atoms with Crippen molar-refractivity contribution >= 4 is 38.3 Å². The fourth-order valence-electron chi connectivity index (χ4n) is 2.37. The minimum atomic E-state index is -0.523. The Balaban J connectivity index is 1.52. The van der Waals surface area contributed by atoms with Gasteiger partial charge in [0.15, 0.2) is 5.13 Å². The van der Waals surface area contributed by atoms with E-state index in [1.165, 1.54) is 10.9 Å². The summed E-state index contributed by atoms with van der Waals surface area (Å²) in [5.74, 6) is -0.186. The molecule has 1 amide bonds. The highest BCUT2D eigenvalue weighted by Gasteiger charge is 2.13. The fraction of sp³-hybridized carbons (Fsp3) is 0.200. The normalized spacial score (nSPS) is 10.8. The molecule has 0 aliphatic rings. The lowest BCUT2D eigenvalue weighted by molar-refractivity contribution is -0.380. The maximum Gasteiger partial charge on any atom is 0.345 e. The van der Waals surface area contributed by atoms with E-state index in [1.807, 2.05) is 24.4 Å². The molecule has 0 radical (unpaired) electrons. The van der Waals surface area contributed by atoms with Gasteiger partial charge in [-0.2, -0.15) is 0 Å². The Morgan fingerprint density at radius 2 is 2.22 bits per heavy atom. The highest BCUT2D eigenvalue weighted by molar-refractivity contribution is 7.18. The van der Waals surface area contributed by atoms with E-state index in [4.69, 9.17) is 0 Å². The molecule has 0 fully saturated rings. The minimum Gasteiger partial charge on any atom is -0.361 e. The number of benzene rings is 1. The van der Waals surface area contributed by atoms with E-state index in [1.54, 1.807) is 0 Å². The molecule has 0 saturated heterocycles. The van der Waals surface area contributed by atoms with Gasteiger partial charge >= 0.3 is 5.00 Å². The first-order valence-electron chi connectivity index (χ1n) is 7.08. The SMILES string of the molecule is O=C(CCCc1c[nH]c2ccccc12)Nc1ncc([N+](=O)[O-])s1. The molecule has 7 nitrogen and oxygen atoms in total. The maximum atomic E-state index is 11.9. The summed E-state index contributed by atoms with van der Waals surface area (Å²) >= 11 is 0.855. The molecule has 2 aromatic heterocycles. The highest BCUT2D eigenvalue weighted by Crippen LogP contribution is 2.25. The summed E-state index contributed by atoms with van der Waals surface area (Å²) in [6, 6.07) is 8.03. The van der Waals surface area contributed by atoms with Gasteiger partial charge in [0.1, 0.15) is 6.20 Å². The van der Waals surface area contributed by atoms with Crippen LogP contribution in [0.25, 0.3) is 10.9 Å². The number of H-pyrrole nitrogens is 1. The summed E-state index contributed by atoms with van der Waals surface area (Å²) in [4.78, 5) is 28.9. The van der Waals surface area contributed by atoms with Crippen molar-refractivity contribution in [1.82, 2.24) is 9.97 Å². The zero-order valence-electron chi connectivity index (χ0n) is 12.1. The summed E-state index contributed by atoms with van der Waals surface area (Å²) in [7, 11) is 0. The number of aromatic amines is 1. The summed E-state index contributed by atoms with van der Waals surface area (Å²) < 4.78 is 0. The van der Waals surface area contributed by atoms with Crippen LogP contribution in [0.2, 0.25) is 0 Å². The Kier molecular flexibility index (Phi) is 4.33. The predicted molar refractivity (Wildman–Crippen MR) is 88.6 cm³/mol. The zero-order valence-corrected chi connectivity index (χ0v) is 12.9. The summed E-state index contributed by atoms with van der Waals surface area (Å²) in [5, 5.41) is 14.5. The molecule has 0 aliphatic carbocycles. The average molecular weight is 330 g/mol. The van der Waals surface area contributed by atoms with Crippen LogP contribution >= 0.6 is 11.3 Å². The molecule has 0 spiro atoms. The van der Waals surface area contributed by atoms with Crippen LogP contribution in [0, 0.1) is 10.1 Å². The number of hydrogen-bond donors (Lipinski definition) is 2. The van der Waals surface area contributed by atoms with Crippen LogP contribution in [0.1, 0.15) is 18.4 Å². The molecule has 0 unspecified atom stereocenters. The van der Waals surface area contributed by atoms with E-state index >= 15 is 0 Å². The molecule has 2 N–H and O–H groups in total. The second-order valence-electron chi connectivity index (χ2n) is 5.02. The number of para-hydroxylation sites is 1. The van der Waals surface area contributed by atoms with Crippen molar-refractivity contribution < 1.29 is 9.72 Å². The molecular weight excluding hydrogens is 316 g/mol. The second kappa shape index (κ2) is 6.57. The summed E-state index contributed by atoms with van der Waals surface area (Å²) in [6.45, 7) is 0. The Morgan fingerprint density at radius 1 is 1.39 bits per heavy atom. The second-order valence-corrected chi connectivity index (χ2v) is 6.03. The number of anilines is 1. The predicted octanol–water partition coefficient (Wildman–Crippen LogP) is 3.49. The zero-order chi connectivity index (χ0) is 16.2. The molecule has 1 aromatic carbocycles. The van der Waals surface area contributed by atoms with Crippen molar-refractivity contribution in [2.75, 3.05) is 5.32 Å². The van der Waals surface area contributed by atoms with Gasteiger partial charge in [-0.3, -0.25) is 14.9 Å². The Hall–Kier alpha value is -2.74. The topological polar surface area (TPSA) is 101 Å². The van der Waals surface area contributed by atoms with Crippen LogP contribution < -0.4 is 5.32 Å². The first-order chi connectivity index (χ1) is 11.1. The molecule has 0 bridgehead atoms. The number of hydrogen-bond acceptors (Lipinski definition) is 5. The van der Waals surface area contributed by atoms with Gasteiger partial charge in [-0.25, -0.2) is 4.98 Å².